The van der Waals surface area contributed by atoms with E-state index in [0.717, 1.165) is 35.4 Å². The van der Waals surface area contributed by atoms with E-state index in [1.54, 1.807) is 13.8 Å². The molecule has 3 rings (SSSR count). The van der Waals surface area contributed by atoms with Gasteiger partial charge in [-0.1, -0.05) is 19.9 Å². The third kappa shape index (κ3) is 8.45. The Labute approximate surface area is 252 Å². The molecule has 15 heteroatoms. The molecule has 0 unspecified atom stereocenters. The van der Waals surface area contributed by atoms with Gasteiger partial charge in [-0.05, 0) is 64.6 Å². The third-order valence-electron chi connectivity index (χ3n) is 6.76. The fraction of sp³-hybridized carbons (Fsp3) is 0.333. The topological polar surface area (TPSA) is 60.7 Å². The molecular formula is C30H28F10N4O. The molecule has 0 aliphatic carbocycles. The lowest BCUT2D eigenvalue weighted by atomic mass is 9.92. The van der Waals surface area contributed by atoms with E-state index in [4.69, 9.17) is 10.3 Å². The fourth-order valence-corrected chi connectivity index (χ4v) is 4.64. The molecule has 244 valence electrons. The third-order valence-corrected chi connectivity index (χ3v) is 6.76. The summed E-state index contributed by atoms with van der Waals surface area (Å²) in [6.07, 6.45) is -14.0. The summed E-state index contributed by atoms with van der Waals surface area (Å²) in [7, 11) is 2.60. The van der Waals surface area contributed by atoms with E-state index in [9.17, 15) is 43.9 Å². The Morgan fingerprint density at radius 2 is 1.42 bits per heavy atom. The van der Waals surface area contributed by atoms with Crippen LogP contribution in [0.2, 0.25) is 0 Å². The number of methoxy groups -OCH3 is 1. The zero-order chi connectivity index (χ0) is 33.9. The van der Waals surface area contributed by atoms with Crippen molar-refractivity contribution in [2.75, 3.05) is 14.2 Å². The molecule has 0 fully saturated rings. The highest BCUT2D eigenvalue weighted by Crippen LogP contribution is 2.41. The summed E-state index contributed by atoms with van der Waals surface area (Å²) < 4.78 is 143. The van der Waals surface area contributed by atoms with E-state index in [2.05, 4.69) is 10.4 Å². The molecule has 0 radical (unpaired) electrons. The summed E-state index contributed by atoms with van der Waals surface area (Å²) in [6.45, 7) is 2.08. The van der Waals surface area contributed by atoms with Crippen molar-refractivity contribution in [3.8, 4) is 16.9 Å². The van der Waals surface area contributed by atoms with Crippen LogP contribution in [-0.4, -0.2) is 19.1 Å². The average Bonchev–Trinajstić information content (AvgIpc) is 2.93. The molecule has 45 heavy (non-hydrogen) atoms. The average molecular weight is 651 g/mol. The predicted octanol–water partition coefficient (Wildman–Crippen LogP) is 9.73. The highest BCUT2D eigenvalue weighted by atomic mass is 19.4. The molecule has 0 atom stereocenters. The highest BCUT2D eigenvalue weighted by molar-refractivity contribution is 5.75. The van der Waals surface area contributed by atoms with Gasteiger partial charge in [-0.3, -0.25) is 0 Å². The second-order valence-corrected chi connectivity index (χ2v) is 10.3. The Morgan fingerprint density at radius 3 is 1.89 bits per heavy atom. The number of hydrogen-bond acceptors (Lipinski definition) is 5. The van der Waals surface area contributed by atoms with Gasteiger partial charge >= 0.3 is 18.5 Å². The lowest BCUT2D eigenvalue weighted by molar-refractivity contribution is -0.143. The van der Waals surface area contributed by atoms with E-state index in [1.165, 1.54) is 20.2 Å². The molecule has 3 aromatic rings. The van der Waals surface area contributed by atoms with Crippen molar-refractivity contribution in [1.29, 1.82) is 5.53 Å². The van der Waals surface area contributed by atoms with Crippen molar-refractivity contribution in [2.24, 2.45) is 5.11 Å². The number of alkyl halides is 9. The summed E-state index contributed by atoms with van der Waals surface area (Å²) in [5.41, 5.74) is 3.22. The molecule has 0 heterocycles. The number of nitrogens with one attached hydrogen (secondary N) is 2. The summed E-state index contributed by atoms with van der Waals surface area (Å²) in [4.78, 5) is 1.04. The smallest absolute Gasteiger partial charge is 0.416 e. The standard InChI is InChI=1S/C30H28F10N4O/c1-16(2)23-11-24(26(45-4)12-25(23)31)22-6-5-19(28(32,33)34)9-18(22)15-44(27(43-41)13-42-3)14-17-7-20(29(35,36)37)10-21(8-17)30(38,39)40/h5-13,16,41-42H,14-15H2,1-4H3/b27-13+,43-41?. The van der Waals surface area contributed by atoms with E-state index < -0.39 is 59.7 Å². The van der Waals surface area contributed by atoms with Gasteiger partial charge in [0.1, 0.15) is 11.6 Å². The maximum absolute atomic E-state index is 14.8. The zero-order valence-corrected chi connectivity index (χ0v) is 24.3. The fourth-order valence-electron chi connectivity index (χ4n) is 4.64. The van der Waals surface area contributed by atoms with Gasteiger partial charge in [-0.25, -0.2) is 9.92 Å². The lowest BCUT2D eigenvalue weighted by Gasteiger charge is -2.27. The minimum Gasteiger partial charge on any atom is -0.496 e. The molecule has 0 aliphatic heterocycles. The number of ether oxygens (including phenoxy) is 1. The van der Waals surface area contributed by atoms with Crippen LogP contribution in [0, 0.1) is 11.3 Å². The Kier molecular flexibility index (Phi) is 10.4. The summed E-state index contributed by atoms with van der Waals surface area (Å²) in [5, 5.41) is 5.85. The minimum absolute atomic E-state index is 0.0340. The van der Waals surface area contributed by atoms with Crippen molar-refractivity contribution in [3.05, 3.63) is 99.7 Å². The number of halogens is 10. The summed E-state index contributed by atoms with van der Waals surface area (Å²) in [6, 6.07) is 6.03. The number of hydrogen-bond donors (Lipinski definition) is 2. The molecule has 0 aromatic heterocycles. The number of rotatable bonds is 10. The van der Waals surface area contributed by atoms with Gasteiger partial charge in [-0.2, -0.15) is 39.5 Å². The normalized spacial score (nSPS) is 12.8. The predicted molar refractivity (Wildman–Crippen MR) is 145 cm³/mol. The van der Waals surface area contributed by atoms with Crippen molar-refractivity contribution in [1.82, 2.24) is 10.2 Å². The van der Waals surface area contributed by atoms with Crippen molar-refractivity contribution >= 4 is 0 Å². The number of benzene rings is 3. The van der Waals surface area contributed by atoms with Gasteiger partial charge < -0.3 is 15.0 Å². The Morgan fingerprint density at radius 1 is 0.844 bits per heavy atom. The van der Waals surface area contributed by atoms with Crippen LogP contribution < -0.4 is 10.1 Å². The second-order valence-electron chi connectivity index (χ2n) is 10.3. The Hall–Kier alpha value is -4.30. The van der Waals surface area contributed by atoms with Gasteiger partial charge in [0.25, 0.3) is 0 Å². The maximum atomic E-state index is 14.8. The van der Waals surface area contributed by atoms with Crippen LogP contribution in [0.1, 0.15) is 53.1 Å². The molecule has 0 amide bonds. The van der Waals surface area contributed by atoms with Crippen LogP contribution in [0.3, 0.4) is 0 Å². The molecule has 0 bridgehead atoms. The van der Waals surface area contributed by atoms with Crippen LogP contribution in [0.25, 0.3) is 11.1 Å². The molecule has 5 nitrogen and oxygen atoms in total. The molecule has 0 spiro atoms. The molecular weight excluding hydrogens is 622 g/mol. The summed E-state index contributed by atoms with van der Waals surface area (Å²) >= 11 is 0. The van der Waals surface area contributed by atoms with E-state index in [-0.39, 0.29) is 45.8 Å². The van der Waals surface area contributed by atoms with Crippen LogP contribution in [-0.2, 0) is 31.6 Å². The van der Waals surface area contributed by atoms with Crippen LogP contribution in [0.5, 0.6) is 5.75 Å². The Balaban J connectivity index is 2.29. The highest BCUT2D eigenvalue weighted by Gasteiger charge is 2.37. The van der Waals surface area contributed by atoms with Crippen LogP contribution >= 0.6 is 0 Å². The second kappa shape index (κ2) is 13.4. The first-order valence-electron chi connectivity index (χ1n) is 13.2. The van der Waals surface area contributed by atoms with E-state index in [1.807, 2.05) is 0 Å². The first-order chi connectivity index (χ1) is 20.8. The van der Waals surface area contributed by atoms with Crippen molar-refractivity contribution in [2.45, 2.75) is 51.4 Å². The van der Waals surface area contributed by atoms with Crippen molar-refractivity contribution < 1.29 is 48.6 Å². The number of nitrogens with zero attached hydrogens (tertiary/aromatic N) is 2. The van der Waals surface area contributed by atoms with Gasteiger partial charge in [0.15, 0.2) is 5.82 Å². The monoisotopic (exact) mass is 650 g/mol. The van der Waals surface area contributed by atoms with Crippen molar-refractivity contribution in [3.63, 3.8) is 0 Å². The first kappa shape index (κ1) is 35.2. The first-order valence-corrected chi connectivity index (χ1v) is 13.2. The van der Waals surface area contributed by atoms with Crippen LogP contribution in [0.15, 0.2) is 65.7 Å². The van der Waals surface area contributed by atoms with E-state index >= 15 is 0 Å². The van der Waals surface area contributed by atoms with Gasteiger partial charge in [0.05, 0.1) is 23.8 Å². The molecule has 2 N–H and O–H groups in total. The van der Waals surface area contributed by atoms with Crippen LogP contribution in [0.4, 0.5) is 43.9 Å². The Bertz CT molecular complexity index is 1530. The SMILES string of the molecule is CN/C=C(\N=N)N(Cc1cc(C(F)(F)F)cc(C(F)(F)F)c1)Cc1cc(C(F)(F)F)ccc1-c1cc(C(C)C)c(F)cc1OC. The molecule has 0 saturated carbocycles. The zero-order valence-electron chi connectivity index (χ0n) is 24.3. The van der Waals surface area contributed by atoms with E-state index in [0.29, 0.717) is 12.1 Å². The summed E-state index contributed by atoms with van der Waals surface area (Å²) in [5.74, 6) is -1.33. The molecule has 3 aromatic carbocycles. The lowest BCUT2D eigenvalue weighted by Crippen LogP contribution is -2.24. The largest absolute Gasteiger partial charge is 0.496 e. The minimum atomic E-state index is -5.15. The molecule has 0 saturated heterocycles. The maximum Gasteiger partial charge on any atom is 0.416 e. The van der Waals surface area contributed by atoms with Gasteiger partial charge in [-0.15, -0.1) is 5.11 Å². The quantitative estimate of drug-likeness (QED) is 0.170. The van der Waals surface area contributed by atoms with Gasteiger partial charge in [0.2, 0.25) is 0 Å². The van der Waals surface area contributed by atoms with Gasteiger partial charge in [0, 0.05) is 38.0 Å². The molecule has 0 aliphatic rings.